The number of aromatic nitrogens is 4. The maximum atomic E-state index is 12.6. The van der Waals surface area contributed by atoms with E-state index in [1.54, 1.807) is 41.3 Å². The van der Waals surface area contributed by atoms with Crippen molar-refractivity contribution in [2.45, 2.75) is 13.3 Å². The molecule has 2 aromatic heterocycles. The third-order valence-electron chi connectivity index (χ3n) is 4.42. The first-order chi connectivity index (χ1) is 15.5. The Hall–Kier alpha value is -3.99. The van der Waals surface area contributed by atoms with E-state index in [9.17, 15) is 14.9 Å². The molecule has 1 amide bonds. The molecule has 10 nitrogen and oxygen atoms in total. The third-order valence-corrected chi connectivity index (χ3v) is 4.83. The molecule has 162 valence electrons. The topological polar surface area (TPSA) is 117 Å². The number of nitrogens with zero attached hydrogens (tertiary/aromatic N) is 5. The molecule has 0 aliphatic heterocycles. The van der Waals surface area contributed by atoms with Crippen LogP contribution < -0.4 is 10.1 Å². The molecule has 0 atom stereocenters. The number of ether oxygens (including phenoxy) is 1. The summed E-state index contributed by atoms with van der Waals surface area (Å²) in [5, 5.41) is 22.3. The number of para-hydroxylation sites is 2. The predicted octanol–water partition coefficient (Wildman–Crippen LogP) is 4.09. The second kappa shape index (κ2) is 9.43. The fraction of sp³-hybridized carbons (Fsp3) is 0.0952. The first-order valence-corrected chi connectivity index (χ1v) is 10.2. The molecule has 0 fully saturated rings. The van der Waals surface area contributed by atoms with E-state index < -0.39 is 4.92 Å². The zero-order valence-electron chi connectivity index (χ0n) is 16.6. The second-order valence-electron chi connectivity index (χ2n) is 6.75. The number of halogens is 1. The van der Waals surface area contributed by atoms with Gasteiger partial charge >= 0.3 is 5.69 Å². The van der Waals surface area contributed by atoms with Gasteiger partial charge in [0.1, 0.15) is 0 Å². The molecule has 2 heterocycles. The van der Waals surface area contributed by atoms with E-state index in [0.717, 1.165) is 10.0 Å². The van der Waals surface area contributed by atoms with E-state index in [2.05, 4.69) is 31.4 Å². The average Bonchev–Trinajstić information content (AvgIpc) is 3.41. The third kappa shape index (κ3) is 5.19. The van der Waals surface area contributed by atoms with E-state index >= 15 is 0 Å². The molecule has 0 aliphatic rings. The number of nitro benzene ring substituents is 1. The van der Waals surface area contributed by atoms with Gasteiger partial charge in [0.05, 0.1) is 22.1 Å². The summed E-state index contributed by atoms with van der Waals surface area (Å²) >= 11 is 3.37. The van der Waals surface area contributed by atoms with Crippen LogP contribution in [0, 0.1) is 10.1 Å². The molecule has 0 radical (unpaired) electrons. The van der Waals surface area contributed by atoms with Crippen LogP contribution >= 0.6 is 15.9 Å². The van der Waals surface area contributed by atoms with Crippen molar-refractivity contribution in [1.29, 1.82) is 0 Å². The smallest absolute Gasteiger partial charge is 0.311 e. The standard InChI is InChI=1S/C21H17BrN6O4/c22-16-11-23-27(13-16)12-15-4-3-5-17(10-15)24-21(29)18-8-9-26(25-18)14-32-20-7-2-1-6-19(20)28(30)31/h1-11,13H,12,14H2,(H,24,29). The predicted molar refractivity (Wildman–Crippen MR) is 119 cm³/mol. The fourth-order valence-electron chi connectivity index (χ4n) is 2.97. The number of hydrogen-bond donors (Lipinski definition) is 1. The molecule has 1 N–H and O–H groups in total. The van der Waals surface area contributed by atoms with E-state index in [-0.39, 0.29) is 29.8 Å². The minimum absolute atomic E-state index is 0.0763. The van der Waals surface area contributed by atoms with Gasteiger partial charge in [-0.05, 0) is 45.8 Å². The molecule has 0 unspecified atom stereocenters. The van der Waals surface area contributed by atoms with Gasteiger partial charge in [-0.25, -0.2) is 4.68 Å². The Kier molecular flexibility index (Phi) is 6.26. The molecule has 0 saturated carbocycles. The van der Waals surface area contributed by atoms with Gasteiger partial charge in [0.15, 0.2) is 18.2 Å². The second-order valence-corrected chi connectivity index (χ2v) is 7.67. The number of rotatable bonds is 8. The van der Waals surface area contributed by atoms with Crippen molar-refractivity contribution < 1.29 is 14.5 Å². The van der Waals surface area contributed by atoms with E-state index in [1.165, 1.54) is 16.8 Å². The van der Waals surface area contributed by atoms with Crippen LogP contribution in [0.4, 0.5) is 11.4 Å². The largest absolute Gasteiger partial charge is 0.464 e. The SMILES string of the molecule is O=C(Nc1cccc(Cn2cc(Br)cn2)c1)c1ccn(COc2ccccc2[N+](=O)[O-])n1. The van der Waals surface area contributed by atoms with Crippen molar-refractivity contribution in [3.8, 4) is 5.75 Å². The Labute approximate surface area is 190 Å². The van der Waals surface area contributed by atoms with Gasteiger partial charge in [-0.15, -0.1) is 0 Å². The van der Waals surface area contributed by atoms with Crippen LogP contribution in [-0.4, -0.2) is 30.4 Å². The van der Waals surface area contributed by atoms with Crippen LogP contribution in [-0.2, 0) is 13.3 Å². The summed E-state index contributed by atoms with van der Waals surface area (Å²) in [5.74, 6) is -0.256. The highest BCUT2D eigenvalue weighted by atomic mass is 79.9. The Bertz CT molecular complexity index is 1270. The van der Waals surface area contributed by atoms with Crippen molar-refractivity contribution in [2.24, 2.45) is 0 Å². The summed E-state index contributed by atoms with van der Waals surface area (Å²) in [7, 11) is 0. The number of anilines is 1. The minimum Gasteiger partial charge on any atom is -0.464 e. The summed E-state index contributed by atoms with van der Waals surface area (Å²) < 4.78 is 9.55. The van der Waals surface area contributed by atoms with Crippen LogP contribution in [0.1, 0.15) is 16.1 Å². The molecule has 0 saturated heterocycles. The maximum absolute atomic E-state index is 12.6. The number of hydrogen-bond acceptors (Lipinski definition) is 6. The number of carbonyl (C=O) groups excluding carboxylic acids is 1. The van der Waals surface area contributed by atoms with E-state index in [4.69, 9.17) is 4.74 Å². The van der Waals surface area contributed by atoms with E-state index in [1.807, 2.05) is 24.4 Å². The number of benzene rings is 2. The lowest BCUT2D eigenvalue weighted by molar-refractivity contribution is -0.386. The summed E-state index contributed by atoms with van der Waals surface area (Å²) in [4.78, 5) is 23.1. The zero-order valence-corrected chi connectivity index (χ0v) is 18.2. The highest BCUT2D eigenvalue weighted by molar-refractivity contribution is 9.10. The molecule has 0 spiro atoms. The van der Waals surface area contributed by atoms with Crippen molar-refractivity contribution in [1.82, 2.24) is 19.6 Å². The molecular formula is C21H17BrN6O4. The summed E-state index contributed by atoms with van der Waals surface area (Å²) in [6.07, 6.45) is 5.14. The lowest BCUT2D eigenvalue weighted by Crippen LogP contribution is -2.14. The molecule has 11 heteroatoms. The van der Waals surface area contributed by atoms with Crippen LogP contribution in [0.2, 0.25) is 0 Å². The summed E-state index contributed by atoms with van der Waals surface area (Å²) in [6.45, 7) is 0.486. The number of nitro groups is 1. The normalized spacial score (nSPS) is 10.7. The maximum Gasteiger partial charge on any atom is 0.311 e. The first-order valence-electron chi connectivity index (χ1n) is 9.46. The molecule has 0 aliphatic carbocycles. The van der Waals surface area contributed by atoms with Gasteiger partial charge in [-0.1, -0.05) is 24.3 Å². The van der Waals surface area contributed by atoms with Crippen LogP contribution in [0.3, 0.4) is 0 Å². The number of amides is 1. The minimum atomic E-state index is -0.517. The molecule has 4 aromatic rings. The monoisotopic (exact) mass is 496 g/mol. The first kappa shape index (κ1) is 21.2. The zero-order chi connectivity index (χ0) is 22.5. The van der Waals surface area contributed by atoms with Crippen molar-refractivity contribution in [2.75, 3.05) is 5.32 Å². The van der Waals surface area contributed by atoms with Gasteiger partial charge in [0.2, 0.25) is 0 Å². The van der Waals surface area contributed by atoms with Gasteiger partial charge in [-0.2, -0.15) is 10.2 Å². The summed E-state index contributed by atoms with van der Waals surface area (Å²) in [5.41, 5.74) is 1.66. The molecule has 0 bridgehead atoms. The Balaban J connectivity index is 1.38. The molecule has 4 rings (SSSR count). The number of nitrogens with one attached hydrogen (secondary N) is 1. The van der Waals surface area contributed by atoms with Crippen molar-refractivity contribution in [3.05, 3.63) is 99.0 Å². The fourth-order valence-corrected chi connectivity index (χ4v) is 3.30. The summed E-state index contributed by atoms with van der Waals surface area (Å²) in [6, 6.07) is 15.1. The van der Waals surface area contributed by atoms with Gasteiger partial charge < -0.3 is 10.1 Å². The Morgan fingerprint density at radius 3 is 2.78 bits per heavy atom. The number of carbonyl (C=O) groups is 1. The molecule has 2 aromatic carbocycles. The molecular weight excluding hydrogens is 480 g/mol. The highest BCUT2D eigenvalue weighted by Gasteiger charge is 2.15. The average molecular weight is 497 g/mol. The van der Waals surface area contributed by atoms with Crippen molar-refractivity contribution in [3.63, 3.8) is 0 Å². The van der Waals surface area contributed by atoms with Gasteiger partial charge in [0.25, 0.3) is 5.91 Å². The quantitative estimate of drug-likeness (QED) is 0.290. The van der Waals surface area contributed by atoms with Gasteiger partial charge in [0, 0.05) is 24.1 Å². The van der Waals surface area contributed by atoms with Crippen LogP contribution in [0.5, 0.6) is 5.75 Å². The van der Waals surface area contributed by atoms with E-state index in [0.29, 0.717) is 12.2 Å². The lowest BCUT2D eigenvalue weighted by atomic mass is 10.2. The van der Waals surface area contributed by atoms with Crippen LogP contribution in [0.25, 0.3) is 0 Å². The Morgan fingerprint density at radius 1 is 1.16 bits per heavy atom. The van der Waals surface area contributed by atoms with Crippen LogP contribution in [0.15, 0.2) is 77.7 Å². The van der Waals surface area contributed by atoms with Crippen molar-refractivity contribution >= 4 is 33.2 Å². The lowest BCUT2D eigenvalue weighted by Gasteiger charge is -2.07. The molecule has 32 heavy (non-hydrogen) atoms. The van der Waals surface area contributed by atoms with Gasteiger partial charge in [-0.3, -0.25) is 19.6 Å². The highest BCUT2D eigenvalue weighted by Crippen LogP contribution is 2.26. The Morgan fingerprint density at radius 2 is 2.00 bits per heavy atom.